The molecule has 118 valence electrons. The maximum absolute atomic E-state index is 12.5. The minimum absolute atomic E-state index is 0.0129. The smallest absolute Gasteiger partial charge is 0.274 e. The lowest BCUT2D eigenvalue weighted by Crippen LogP contribution is -2.32. The second kappa shape index (κ2) is 6.31. The molecular weight excluding hydrogens is 304 g/mol. The van der Waals surface area contributed by atoms with Crippen molar-refractivity contribution in [2.75, 3.05) is 0 Å². The van der Waals surface area contributed by atoms with E-state index in [0.717, 1.165) is 22.7 Å². The van der Waals surface area contributed by atoms with Crippen molar-refractivity contribution in [2.45, 2.75) is 38.0 Å². The summed E-state index contributed by atoms with van der Waals surface area (Å²) in [4.78, 5) is 24.1. The molecule has 0 saturated heterocycles. The lowest BCUT2D eigenvalue weighted by Gasteiger charge is -2.05. The van der Waals surface area contributed by atoms with E-state index in [-0.39, 0.29) is 11.3 Å². The monoisotopic (exact) mass is 322 g/mol. The Hall–Kier alpha value is -2.15. The van der Waals surface area contributed by atoms with Crippen molar-refractivity contribution in [1.29, 1.82) is 0 Å². The van der Waals surface area contributed by atoms with Crippen LogP contribution in [0.15, 0.2) is 46.3 Å². The summed E-state index contributed by atoms with van der Waals surface area (Å²) in [6, 6.07) is 6.18. The first-order valence-corrected chi connectivity index (χ1v) is 8.47. The highest BCUT2D eigenvalue weighted by Gasteiger charge is 2.21. The Balaban J connectivity index is 2.41. The fraction of sp³-hybridized carbons (Fsp3) is 0.333. The molecular formula is C15H18N2O4S. The normalized spacial score (nSPS) is 11.5. The molecule has 0 fully saturated rings. The number of carbonyl (C=O) groups excluding carboxylic acids is 1. The van der Waals surface area contributed by atoms with E-state index in [9.17, 15) is 18.0 Å². The van der Waals surface area contributed by atoms with Gasteiger partial charge in [0.1, 0.15) is 0 Å². The molecule has 7 heteroatoms. The van der Waals surface area contributed by atoms with Crippen molar-refractivity contribution in [3.05, 3.63) is 52.7 Å². The molecule has 0 amide bonds. The summed E-state index contributed by atoms with van der Waals surface area (Å²) in [7, 11) is -3.99. The number of nitrogens with zero attached hydrogens (tertiary/aromatic N) is 2. The third-order valence-corrected chi connectivity index (χ3v) is 5.00. The second-order valence-corrected chi connectivity index (χ2v) is 6.88. The summed E-state index contributed by atoms with van der Waals surface area (Å²) in [5, 5.41) is 0. The Morgan fingerprint density at radius 3 is 2.36 bits per heavy atom. The van der Waals surface area contributed by atoms with E-state index in [1.54, 1.807) is 12.1 Å². The maximum Gasteiger partial charge on any atom is 0.349 e. The SMILES string of the molecule is CCCCC(=O)n1ccn(S(=O)(=O)c2ccc(C)cc2)c1=O. The van der Waals surface area contributed by atoms with E-state index in [2.05, 4.69) is 0 Å². The fourth-order valence-electron chi connectivity index (χ4n) is 2.01. The molecule has 1 heterocycles. The largest absolute Gasteiger partial charge is 0.349 e. The van der Waals surface area contributed by atoms with E-state index in [1.165, 1.54) is 18.3 Å². The van der Waals surface area contributed by atoms with Crippen LogP contribution in [-0.2, 0) is 10.0 Å². The van der Waals surface area contributed by atoms with Gasteiger partial charge in [-0.05, 0) is 25.5 Å². The molecule has 1 aromatic carbocycles. The molecule has 6 nitrogen and oxygen atoms in total. The Morgan fingerprint density at radius 2 is 1.77 bits per heavy atom. The van der Waals surface area contributed by atoms with Gasteiger partial charge in [0.05, 0.1) is 4.90 Å². The minimum Gasteiger partial charge on any atom is -0.274 e. The molecule has 1 aromatic heterocycles. The number of imidazole rings is 1. The molecule has 0 unspecified atom stereocenters. The number of rotatable bonds is 5. The Bertz CT molecular complexity index is 829. The summed E-state index contributed by atoms with van der Waals surface area (Å²) >= 11 is 0. The zero-order valence-electron chi connectivity index (χ0n) is 12.5. The minimum atomic E-state index is -3.99. The van der Waals surface area contributed by atoms with Gasteiger partial charge in [-0.3, -0.25) is 4.79 Å². The van der Waals surface area contributed by atoms with Crippen LogP contribution >= 0.6 is 0 Å². The zero-order valence-corrected chi connectivity index (χ0v) is 13.3. The molecule has 0 atom stereocenters. The molecule has 0 aliphatic rings. The average molecular weight is 322 g/mol. The zero-order chi connectivity index (χ0) is 16.3. The predicted octanol–water partition coefficient (Wildman–Crippen LogP) is 2.03. The highest BCUT2D eigenvalue weighted by molar-refractivity contribution is 7.90. The van der Waals surface area contributed by atoms with Crippen LogP contribution in [0.2, 0.25) is 0 Å². The van der Waals surface area contributed by atoms with Gasteiger partial charge in [0.2, 0.25) is 5.91 Å². The van der Waals surface area contributed by atoms with E-state index in [0.29, 0.717) is 10.4 Å². The van der Waals surface area contributed by atoms with Crippen LogP contribution in [0.4, 0.5) is 0 Å². The van der Waals surface area contributed by atoms with Gasteiger partial charge >= 0.3 is 5.69 Å². The molecule has 22 heavy (non-hydrogen) atoms. The molecule has 0 saturated carbocycles. The van der Waals surface area contributed by atoms with Crippen LogP contribution in [0.5, 0.6) is 0 Å². The van der Waals surface area contributed by atoms with Crippen molar-refractivity contribution < 1.29 is 13.2 Å². The fourth-order valence-corrected chi connectivity index (χ4v) is 3.22. The van der Waals surface area contributed by atoms with Crippen molar-refractivity contribution in [1.82, 2.24) is 8.54 Å². The van der Waals surface area contributed by atoms with Gasteiger partial charge in [0, 0.05) is 18.8 Å². The summed E-state index contributed by atoms with van der Waals surface area (Å²) < 4.78 is 26.4. The van der Waals surface area contributed by atoms with Crippen LogP contribution < -0.4 is 5.69 Å². The summed E-state index contributed by atoms with van der Waals surface area (Å²) in [6.07, 6.45) is 4.00. The molecule has 2 aromatic rings. The quantitative estimate of drug-likeness (QED) is 0.844. The van der Waals surface area contributed by atoms with E-state index < -0.39 is 21.6 Å². The van der Waals surface area contributed by atoms with Crippen molar-refractivity contribution in [3.63, 3.8) is 0 Å². The highest BCUT2D eigenvalue weighted by Crippen LogP contribution is 2.13. The molecule has 0 spiro atoms. The Labute approximate surface area is 129 Å². The number of aromatic nitrogens is 2. The van der Waals surface area contributed by atoms with Crippen LogP contribution in [0, 0.1) is 6.92 Å². The van der Waals surface area contributed by atoms with Gasteiger partial charge < -0.3 is 0 Å². The molecule has 0 aliphatic heterocycles. The first-order valence-electron chi connectivity index (χ1n) is 7.03. The van der Waals surface area contributed by atoms with E-state index in [1.807, 2.05) is 13.8 Å². The van der Waals surface area contributed by atoms with Crippen LogP contribution in [0.1, 0.15) is 36.5 Å². The molecule has 0 bridgehead atoms. The van der Waals surface area contributed by atoms with E-state index in [4.69, 9.17) is 0 Å². The highest BCUT2D eigenvalue weighted by atomic mass is 32.2. The van der Waals surface area contributed by atoms with Crippen molar-refractivity contribution in [2.24, 2.45) is 0 Å². The summed E-state index contributed by atoms with van der Waals surface area (Å²) in [5.74, 6) is -0.398. The number of benzene rings is 1. The summed E-state index contributed by atoms with van der Waals surface area (Å²) in [6.45, 7) is 3.77. The molecule has 0 radical (unpaired) electrons. The summed E-state index contributed by atoms with van der Waals surface area (Å²) in [5.41, 5.74) is 0.0558. The Morgan fingerprint density at radius 1 is 1.14 bits per heavy atom. The van der Waals surface area contributed by atoms with Gasteiger partial charge in [0.15, 0.2) is 0 Å². The third kappa shape index (κ3) is 3.04. The molecule has 2 rings (SSSR count). The van der Waals surface area contributed by atoms with Gasteiger partial charge in [-0.25, -0.2) is 17.8 Å². The maximum atomic E-state index is 12.5. The lowest BCUT2D eigenvalue weighted by atomic mass is 10.2. The number of hydrogen-bond donors (Lipinski definition) is 0. The van der Waals surface area contributed by atoms with Crippen LogP contribution in [0.25, 0.3) is 0 Å². The van der Waals surface area contributed by atoms with Crippen LogP contribution in [0.3, 0.4) is 0 Å². The van der Waals surface area contributed by atoms with Gasteiger partial charge in [-0.15, -0.1) is 0 Å². The van der Waals surface area contributed by atoms with E-state index >= 15 is 0 Å². The van der Waals surface area contributed by atoms with Crippen molar-refractivity contribution >= 4 is 15.9 Å². The lowest BCUT2D eigenvalue weighted by molar-refractivity contribution is 0.0895. The van der Waals surface area contributed by atoms with Gasteiger partial charge in [-0.2, -0.15) is 3.97 Å². The number of carbonyl (C=O) groups is 1. The number of unbranched alkanes of at least 4 members (excludes halogenated alkanes) is 1. The molecule has 0 aliphatic carbocycles. The van der Waals surface area contributed by atoms with Gasteiger partial charge in [-0.1, -0.05) is 31.0 Å². The van der Waals surface area contributed by atoms with Gasteiger partial charge in [0.25, 0.3) is 10.0 Å². The third-order valence-electron chi connectivity index (χ3n) is 3.34. The number of aryl methyl sites for hydroxylation is 1. The first kappa shape index (κ1) is 16.2. The first-order chi connectivity index (χ1) is 10.4. The number of hydrogen-bond acceptors (Lipinski definition) is 4. The second-order valence-electron chi connectivity index (χ2n) is 5.06. The standard InChI is InChI=1S/C15H18N2O4S/c1-3-4-5-14(18)16-10-11-17(15(16)19)22(20,21)13-8-6-12(2)7-9-13/h6-11H,3-5H2,1-2H3. The van der Waals surface area contributed by atoms with Crippen molar-refractivity contribution in [3.8, 4) is 0 Å². The molecule has 0 N–H and O–H groups in total. The predicted molar refractivity (Wildman–Crippen MR) is 82.6 cm³/mol. The topological polar surface area (TPSA) is 78.1 Å². The van der Waals surface area contributed by atoms with Crippen LogP contribution in [-0.4, -0.2) is 22.9 Å². The Kier molecular flexibility index (Phi) is 4.65. The average Bonchev–Trinajstić information content (AvgIpc) is 2.87.